The molecule has 0 aliphatic heterocycles. The van der Waals surface area contributed by atoms with E-state index in [1.165, 1.54) is 0 Å². The Labute approximate surface area is 123 Å². The molecule has 18 heavy (non-hydrogen) atoms. The number of nitrogens with zero attached hydrogens (tertiary/aromatic N) is 1. The van der Waals surface area contributed by atoms with Gasteiger partial charge in [0.1, 0.15) is 0 Å². The number of hydrogen-bond donors (Lipinski definition) is 2. The molecule has 1 atom stereocenters. The SMILES string of the molecule is OCC(Nc1ccccc1Br)c1ccc(Br)cn1. The third-order valence-electron chi connectivity index (χ3n) is 2.49. The van der Waals surface area contributed by atoms with Gasteiger partial charge in [-0.15, -0.1) is 0 Å². The summed E-state index contributed by atoms with van der Waals surface area (Å²) < 4.78 is 1.88. The molecule has 3 nitrogen and oxygen atoms in total. The van der Waals surface area contributed by atoms with E-state index in [4.69, 9.17) is 0 Å². The minimum Gasteiger partial charge on any atom is -0.394 e. The van der Waals surface area contributed by atoms with Gasteiger partial charge in [-0.25, -0.2) is 0 Å². The van der Waals surface area contributed by atoms with E-state index in [1.54, 1.807) is 6.20 Å². The summed E-state index contributed by atoms with van der Waals surface area (Å²) >= 11 is 6.81. The molecular formula is C13H12Br2N2O. The molecule has 2 N–H and O–H groups in total. The van der Waals surface area contributed by atoms with Gasteiger partial charge in [0.05, 0.1) is 18.3 Å². The Balaban J connectivity index is 2.20. The molecule has 0 saturated carbocycles. The summed E-state index contributed by atoms with van der Waals surface area (Å²) in [5.74, 6) is 0. The van der Waals surface area contributed by atoms with Crippen LogP contribution in [0.3, 0.4) is 0 Å². The predicted octanol–water partition coefficient (Wildman–Crippen LogP) is 3.75. The van der Waals surface area contributed by atoms with Crippen molar-refractivity contribution >= 4 is 37.5 Å². The van der Waals surface area contributed by atoms with Crippen LogP contribution in [0.5, 0.6) is 0 Å². The average Bonchev–Trinajstić information content (AvgIpc) is 2.39. The monoisotopic (exact) mass is 370 g/mol. The second-order valence-electron chi connectivity index (χ2n) is 3.76. The van der Waals surface area contributed by atoms with Crippen LogP contribution in [0.1, 0.15) is 11.7 Å². The van der Waals surface area contributed by atoms with Crippen molar-refractivity contribution in [1.29, 1.82) is 0 Å². The number of aliphatic hydroxyl groups excluding tert-OH is 1. The van der Waals surface area contributed by atoms with Crippen molar-refractivity contribution in [2.75, 3.05) is 11.9 Å². The molecule has 1 unspecified atom stereocenters. The van der Waals surface area contributed by atoms with Crippen molar-refractivity contribution in [3.63, 3.8) is 0 Å². The molecule has 0 fully saturated rings. The van der Waals surface area contributed by atoms with Crippen molar-refractivity contribution < 1.29 is 5.11 Å². The quantitative estimate of drug-likeness (QED) is 0.860. The highest BCUT2D eigenvalue weighted by molar-refractivity contribution is 9.10. The normalized spacial score (nSPS) is 12.2. The molecule has 2 rings (SSSR count). The average molecular weight is 372 g/mol. The summed E-state index contributed by atoms with van der Waals surface area (Å²) in [6.45, 7) is -0.0179. The van der Waals surface area contributed by atoms with E-state index in [0.29, 0.717) is 0 Å². The summed E-state index contributed by atoms with van der Waals surface area (Å²) in [7, 11) is 0. The molecule has 5 heteroatoms. The molecule has 0 spiro atoms. The maximum Gasteiger partial charge on any atom is 0.0917 e. The fourth-order valence-electron chi connectivity index (χ4n) is 1.57. The highest BCUT2D eigenvalue weighted by atomic mass is 79.9. The molecule has 1 aromatic heterocycles. The molecule has 0 aliphatic rings. The Morgan fingerprint density at radius 2 is 1.94 bits per heavy atom. The van der Waals surface area contributed by atoms with Gasteiger partial charge in [0, 0.05) is 20.8 Å². The smallest absolute Gasteiger partial charge is 0.0917 e. The van der Waals surface area contributed by atoms with Crippen molar-refractivity contribution in [3.8, 4) is 0 Å². The van der Waals surface area contributed by atoms with Gasteiger partial charge in [0.2, 0.25) is 0 Å². The second kappa shape index (κ2) is 6.31. The van der Waals surface area contributed by atoms with Crippen LogP contribution in [0.2, 0.25) is 0 Å². The standard InChI is InChI=1S/C13H12Br2N2O/c14-9-5-6-12(16-7-9)13(8-18)17-11-4-2-1-3-10(11)15/h1-7,13,17-18H,8H2. The molecule has 94 valence electrons. The molecule has 0 aliphatic carbocycles. The van der Waals surface area contributed by atoms with Crippen LogP contribution in [-0.2, 0) is 0 Å². The topological polar surface area (TPSA) is 45.1 Å². The molecule has 1 heterocycles. The first-order chi connectivity index (χ1) is 8.70. The van der Waals surface area contributed by atoms with E-state index < -0.39 is 0 Å². The largest absolute Gasteiger partial charge is 0.394 e. The second-order valence-corrected chi connectivity index (χ2v) is 5.53. The van der Waals surface area contributed by atoms with Crippen LogP contribution in [-0.4, -0.2) is 16.7 Å². The van der Waals surface area contributed by atoms with Crippen molar-refractivity contribution in [2.24, 2.45) is 0 Å². The first-order valence-electron chi connectivity index (χ1n) is 5.44. The minimum atomic E-state index is -0.225. The Morgan fingerprint density at radius 3 is 2.56 bits per heavy atom. The fraction of sp³-hybridized carbons (Fsp3) is 0.154. The lowest BCUT2D eigenvalue weighted by Gasteiger charge is -2.18. The number of halogens is 2. The van der Waals surface area contributed by atoms with Crippen LogP contribution in [0.15, 0.2) is 51.5 Å². The van der Waals surface area contributed by atoms with Crippen molar-refractivity contribution in [2.45, 2.75) is 6.04 Å². The van der Waals surface area contributed by atoms with Gasteiger partial charge >= 0.3 is 0 Å². The van der Waals surface area contributed by atoms with Crippen molar-refractivity contribution in [1.82, 2.24) is 4.98 Å². The van der Waals surface area contributed by atoms with Crippen LogP contribution >= 0.6 is 31.9 Å². The lowest BCUT2D eigenvalue weighted by atomic mass is 10.2. The van der Waals surface area contributed by atoms with E-state index in [-0.39, 0.29) is 12.6 Å². The Morgan fingerprint density at radius 1 is 1.17 bits per heavy atom. The highest BCUT2D eigenvalue weighted by Gasteiger charge is 2.12. The summed E-state index contributed by atoms with van der Waals surface area (Å²) in [6, 6.07) is 11.4. The number of rotatable bonds is 4. The third-order valence-corrected chi connectivity index (χ3v) is 3.65. The van der Waals surface area contributed by atoms with Gasteiger partial charge in [0.15, 0.2) is 0 Å². The van der Waals surface area contributed by atoms with Crippen LogP contribution in [0.25, 0.3) is 0 Å². The summed E-state index contributed by atoms with van der Waals surface area (Å²) in [5, 5.41) is 12.7. The van der Waals surface area contributed by atoms with Gasteiger partial charge in [-0.05, 0) is 56.1 Å². The minimum absolute atomic E-state index is 0.0179. The number of para-hydroxylation sites is 1. The van der Waals surface area contributed by atoms with Gasteiger partial charge in [0.25, 0.3) is 0 Å². The number of aliphatic hydroxyl groups is 1. The molecule has 0 amide bonds. The number of benzene rings is 1. The summed E-state index contributed by atoms with van der Waals surface area (Å²) in [6.07, 6.45) is 1.72. The number of anilines is 1. The first-order valence-corrected chi connectivity index (χ1v) is 7.02. The van der Waals surface area contributed by atoms with Crippen LogP contribution < -0.4 is 5.32 Å². The van der Waals surface area contributed by atoms with Crippen molar-refractivity contribution in [3.05, 3.63) is 57.2 Å². The van der Waals surface area contributed by atoms with Gasteiger partial charge in [-0.1, -0.05) is 12.1 Å². The van der Waals surface area contributed by atoms with E-state index >= 15 is 0 Å². The first kappa shape index (κ1) is 13.5. The zero-order chi connectivity index (χ0) is 13.0. The summed E-state index contributed by atoms with van der Waals surface area (Å²) in [4.78, 5) is 4.29. The molecule has 0 bridgehead atoms. The Kier molecular flexibility index (Phi) is 4.74. The lowest BCUT2D eigenvalue weighted by molar-refractivity contribution is 0.274. The number of aromatic nitrogens is 1. The Bertz CT molecular complexity index is 517. The molecular weight excluding hydrogens is 360 g/mol. The molecule has 0 saturated heterocycles. The van der Waals surface area contributed by atoms with E-state index in [2.05, 4.69) is 42.2 Å². The molecule has 1 aromatic carbocycles. The third kappa shape index (κ3) is 3.31. The van der Waals surface area contributed by atoms with Gasteiger partial charge in [-0.3, -0.25) is 4.98 Å². The zero-order valence-corrected chi connectivity index (χ0v) is 12.6. The zero-order valence-electron chi connectivity index (χ0n) is 9.48. The highest BCUT2D eigenvalue weighted by Crippen LogP contribution is 2.25. The van der Waals surface area contributed by atoms with Gasteiger partial charge < -0.3 is 10.4 Å². The van der Waals surface area contributed by atoms with E-state index in [9.17, 15) is 5.11 Å². The molecule has 0 radical (unpaired) electrons. The maximum atomic E-state index is 9.47. The summed E-state index contributed by atoms with van der Waals surface area (Å²) in [5.41, 5.74) is 1.73. The predicted molar refractivity (Wildman–Crippen MR) is 79.5 cm³/mol. The van der Waals surface area contributed by atoms with Crippen LogP contribution in [0.4, 0.5) is 5.69 Å². The number of hydrogen-bond acceptors (Lipinski definition) is 3. The number of pyridine rings is 1. The maximum absolute atomic E-state index is 9.47. The van der Waals surface area contributed by atoms with Crippen LogP contribution in [0, 0.1) is 0 Å². The Hall–Kier alpha value is -0.910. The molecule has 2 aromatic rings. The fourth-order valence-corrected chi connectivity index (χ4v) is 2.21. The van der Waals surface area contributed by atoms with Gasteiger partial charge in [-0.2, -0.15) is 0 Å². The van der Waals surface area contributed by atoms with E-state index in [0.717, 1.165) is 20.3 Å². The lowest BCUT2D eigenvalue weighted by Crippen LogP contribution is -2.16. The van der Waals surface area contributed by atoms with E-state index in [1.807, 2.05) is 36.4 Å². The number of nitrogens with one attached hydrogen (secondary N) is 1.